The van der Waals surface area contributed by atoms with Gasteiger partial charge in [-0.3, -0.25) is 4.90 Å². The van der Waals surface area contributed by atoms with Crippen LogP contribution < -0.4 is 4.90 Å². The molecular weight excluding hydrogens is 238 g/mol. The first-order valence-corrected chi connectivity index (χ1v) is 7.26. The zero-order valence-electron chi connectivity index (χ0n) is 11.8. The largest absolute Gasteiger partial charge is 0.389 e. The van der Waals surface area contributed by atoms with E-state index in [2.05, 4.69) is 21.8 Å². The van der Waals surface area contributed by atoms with Crippen LogP contribution in [-0.2, 0) is 0 Å². The maximum Gasteiger partial charge on any atom is 0.128 e. The van der Waals surface area contributed by atoms with Gasteiger partial charge in [0.2, 0.25) is 0 Å². The van der Waals surface area contributed by atoms with E-state index in [-0.39, 0.29) is 0 Å². The van der Waals surface area contributed by atoms with E-state index in [0.717, 1.165) is 30.5 Å². The summed E-state index contributed by atoms with van der Waals surface area (Å²) in [7, 11) is 2.26. The van der Waals surface area contributed by atoms with Crippen molar-refractivity contribution in [2.24, 2.45) is 0 Å². The van der Waals surface area contributed by atoms with Crippen molar-refractivity contribution >= 4 is 5.82 Å². The standard InChI is InChI=1S/C15H23N3O/c1-11(19)12-3-6-15(16-9-12)18-8-7-13-4-5-14(10-18)17(13)2/h3,6,9,11,13-14,19H,4-5,7-8,10H2,1-2H3/t11-,13?,14?/m0/s1. The van der Waals surface area contributed by atoms with Crippen molar-refractivity contribution in [1.82, 2.24) is 9.88 Å². The third-order valence-electron chi connectivity index (χ3n) is 4.73. The number of nitrogens with zero attached hydrogens (tertiary/aromatic N) is 3. The van der Waals surface area contributed by atoms with E-state index in [1.807, 2.05) is 12.1 Å². The fraction of sp³-hybridized carbons (Fsp3) is 0.667. The average Bonchev–Trinajstić information content (AvgIpc) is 2.63. The second-order valence-electron chi connectivity index (χ2n) is 5.91. The zero-order chi connectivity index (χ0) is 13.4. The lowest BCUT2D eigenvalue weighted by Gasteiger charge is -2.26. The van der Waals surface area contributed by atoms with Crippen molar-refractivity contribution in [2.45, 2.75) is 44.4 Å². The molecule has 3 atom stereocenters. The summed E-state index contributed by atoms with van der Waals surface area (Å²) < 4.78 is 0. The van der Waals surface area contributed by atoms with Crippen molar-refractivity contribution in [3.05, 3.63) is 23.9 Å². The van der Waals surface area contributed by atoms with Gasteiger partial charge in [-0.05, 0) is 44.9 Å². The molecule has 2 saturated heterocycles. The fourth-order valence-electron chi connectivity index (χ4n) is 3.35. The lowest BCUT2D eigenvalue weighted by Crippen LogP contribution is -2.36. The van der Waals surface area contributed by atoms with E-state index >= 15 is 0 Å². The maximum atomic E-state index is 9.53. The van der Waals surface area contributed by atoms with Crippen LogP contribution in [0.2, 0.25) is 0 Å². The van der Waals surface area contributed by atoms with Gasteiger partial charge in [0.1, 0.15) is 5.82 Å². The highest BCUT2D eigenvalue weighted by molar-refractivity contribution is 5.40. The molecule has 1 aromatic heterocycles. The molecule has 4 heteroatoms. The average molecular weight is 261 g/mol. The van der Waals surface area contributed by atoms with Gasteiger partial charge in [-0.2, -0.15) is 0 Å². The zero-order valence-corrected chi connectivity index (χ0v) is 11.8. The molecule has 0 radical (unpaired) electrons. The third-order valence-corrected chi connectivity index (χ3v) is 4.73. The highest BCUT2D eigenvalue weighted by Crippen LogP contribution is 2.30. The van der Waals surface area contributed by atoms with Gasteiger partial charge in [0.25, 0.3) is 0 Å². The van der Waals surface area contributed by atoms with E-state index in [0.29, 0.717) is 6.04 Å². The number of hydrogen-bond acceptors (Lipinski definition) is 4. The van der Waals surface area contributed by atoms with E-state index in [1.54, 1.807) is 13.1 Å². The molecule has 2 unspecified atom stereocenters. The predicted octanol–water partition coefficient (Wildman–Crippen LogP) is 1.81. The number of aromatic nitrogens is 1. The summed E-state index contributed by atoms with van der Waals surface area (Å²) in [5, 5.41) is 9.53. The molecule has 3 rings (SSSR count). The number of aliphatic hydroxyl groups excluding tert-OH is 1. The smallest absolute Gasteiger partial charge is 0.128 e. The monoisotopic (exact) mass is 261 g/mol. The maximum absolute atomic E-state index is 9.53. The second kappa shape index (κ2) is 5.10. The molecule has 19 heavy (non-hydrogen) atoms. The van der Waals surface area contributed by atoms with Crippen molar-refractivity contribution in [1.29, 1.82) is 0 Å². The van der Waals surface area contributed by atoms with Gasteiger partial charge in [-0.1, -0.05) is 6.07 Å². The van der Waals surface area contributed by atoms with Crippen molar-refractivity contribution in [3.8, 4) is 0 Å². The van der Waals surface area contributed by atoms with E-state index in [4.69, 9.17) is 0 Å². The van der Waals surface area contributed by atoms with Crippen LogP contribution in [0.25, 0.3) is 0 Å². The van der Waals surface area contributed by atoms with Crippen molar-refractivity contribution < 1.29 is 5.11 Å². The Hall–Kier alpha value is -1.13. The Balaban J connectivity index is 1.75. The van der Waals surface area contributed by atoms with Crippen LogP contribution in [0, 0.1) is 0 Å². The summed E-state index contributed by atoms with van der Waals surface area (Å²) in [5.74, 6) is 1.05. The molecule has 104 valence electrons. The van der Waals surface area contributed by atoms with E-state index in [1.165, 1.54) is 19.3 Å². The number of likely N-dealkylation sites (N-methyl/N-ethyl adjacent to an activating group) is 1. The summed E-state index contributed by atoms with van der Waals surface area (Å²) in [6.45, 7) is 3.94. The van der Waals surface area contributed by atoms with Crippen LogP contribution in [0.1, 0.15) is 37.9 Å². The highest BCUT2D eigenvalue weighted by atomic mass is 16.3. The number of hydrogen-bond donors (Lipinski definition) is 1. The summed E-state index contributed by atoms with van der Waals surface area (Å²) >= 11 is 0. The number of fused-ring (bicyclic) bond motifs is 2. The lowest BCUT2D eigenvalue weighted by molar-refractivity contribution is 0.199. The SMILES string of the molecule is C[C@H](O)c1ccc(N2CCC3CCC(C2)N3C)nc1. The van der Waals surface area contributed by atoms with Crippen LogP contribution in [-0.4, -0.2) is 47.2 Å². The van der Waals surface area contributed by atoms with Crippen molar-refractivity contribution in [2.75, 3.05) is 25.0 Å². The first-order valence-electron chi connectivity index (χ1n) is 7.26. The Morgan fingerprint density at radius 1 is 1.26 bits per heavy atom. The Morgan fingerprint density at radius 3 is 2.74 bits per heavy atom. The molecule has 2 aliphatic heterocycles. The predicted molar refractivity (Wildman–Crippen MR) is 76.3 cm³/mol. The number of anilines is 1. The molecule has 0 aliphatic carbocycles. The summed E-state index contributed by atoms with van der Waals surface area (Å²) in [5.41, 5.74) is 0.886. The van der Waals surface area contributed by atoms with Gasteiger partial charge < -0.3 is 10.0 Å². The molecule has 1 aromatic rings. The second-order valence-corrected chi connectivity index (χ2v) is 5.91. The fourth-order valence-corrected chi connectivity index (χ4v) is 3.35. The minimum absolute atomic E-state index is 0.437. The van der Waals surface area contributed by atoms with Gasteiger partial charge >= 0.3 is 0 Å². The molecule has 2 aliphatic rings. The van der Waals surface area contributed by atoms with E-state index < -0.39 is 6.10 Å². The van der Waals surface area contributed by atoms with Gasteiger partial charge in [0, 0.05) is 31.4 Å². The van der Waals surface area contributed by atoms with Gasteiger partial charge in [0.05, 0.1) is 6.10 Å². The number of aliphatic hydroxyl groups is 1. The lowest BCUT2D eigenvalue weighted by atomic mass is 10.1. The van der Waals surface area contributed by atoms with Crippen LogP contribution in [0.15, 0.2) is 18.3 Å². The summed E-state index contributed by atoms with van der Waals surface area (Å²) in [6, 6.07) is 5.46. The summed E-state index contributed by atoms with van der Waals surface area (Å²) in [6.07, 6.45) is 5.25. The molecular formula is C15H23N3O. The van der Waals surface area contributed by atoms with Crippen LogP contribution in [0.4, 0.5) is 5.82 Å². The Labute approximate surface area is 115 Å². The highest BCUT2D eigenvalue weighted by Gasteiger charge is 2.34. The molecule has 2 bridgehead atoms. The summed E-state index contributed by atoms with van der Waals surface area (Å²) in [4.78, 5) is 9.46. The van der Waals surface area contributed by atoms with Gasteiger partial charge in [0.15, 0.2) is 0 Å². The number of pyridine rings is 1. The Bertz CT molecular complexity index is 432. The van der Waals surface area contributed by atoms with Crippen molar-refractivity contribution in [3.63, 3.8) is 0 Å². The first kappa shape index (κ1) is 12.9. The number of rotatable bonds is 2. The normalized spacial score (nSPS) is 29.3. The molecule has 2 fully saturated rings. The third kappa shape index (κ3) is 2.47. The molecule has 0 spiro atoms. The van der Waals surface area contributed by atoms with Crippen LogP contribution in [0.5, 0.6) is 0 Å². The molecule has 0 amide bonds. The minimum atomic E-state index is -0.437. The van der Waals surface area contributed by atoms with Gasteiger partial charge in [-0.15, -0.1) is 0 Å². The first-order chi connectivity index (χ1) is 9.15. The molecule has 0 aromatic carbocycles. The minimum Gasteiger partial charge on any atom is -0.389 e. The molecule has 3 heterocycles. The quantitative estimate of drug-likeness (QED) is 0.881. The Kier molecular flexibility index (Phi) is 3.46. The Morgan fingerprint density at radius 2 is 2.05 bits per heavy atom. The van der Waals surface area contributed by atoms with Crippen LogP contribution in [0.3, 0.4) is 0 Å². The molecule has 0 saturated carbocycles. The topological polar surface area (TPSA) is 39.6 Å². The van der Waals surface area contributed by atoms with Gasteiger partial charge in [-0.25, -0.2) is 4.98 Å². The molecule has 4 nitrogen and oxygen atoms in total. The molecule has 1 N–H and O–H groups in total. The van der Waals surface area contributed by atoms with E-state index in [9.17, 15) is 5.11 Å². The van der Waals surface area contributed by atoms with Crippen LogP contribution >= 0.6 is 0 Å².